The number of halogens is 1. The van der Waals surface area contributed by atoms with Crippen LogP contribution < -0.4 is 0 Å². The number of benzene rings is 1. The summed E-state index contributed by atoms with van der Waals surface area (Å²) in [6, 6.07) is 5.86. The lowest BCUT2D eigenvalue weighted by Crippen LogP contribution is -2.47. The molecule has 0 N–H and O–H groups in total. The Kier molecular flexibility index (Phi) is 5.16. The van der Waals surface area contributed by atoms with E-state index in [4.69, 9.17) is 0 Å². The molecule has 22 heavy (non-hydrogen) atoms. The molecule has 1 fully saturated rings. The van der Waals surface area contributed by atoms with Gasteiger partial charge in [0.2, 0.25) is 11.8 Å². The van der Waals surface area contributed by atoms with Gasteiger partial charge in [-0.25, -0.2) is 4.39 Å². The lowest BCUT2D eigenvalue weighted by molar-refractivity contribution is -0.146. The summed E-state index contributed by atoms with van der Waals surface area (Å²) in [6.45, 7) is 5.09. The van der Waals surface area contributed by atoms with Gasteiger partial charge in [-0.2, -0.15) is 0 Å². The molecule has 5 heteroatoms. The smallest absolute Gasteiger partial charge is 0.228 e. The monoisotopic (exact) mass is 306 g/mol. The van der Waals surface area contributed by atoms with Gasteiger partial charge in [0.05, 0.1) is 12.0 Å². The van der Waals surface area contributed by atoms with Crippen LogP contribution in [-0.2, 0) is 9.59 Å². The van der Waals surface area contributed by atoms with Crippen LogP contribution in [0.1, 0.15) is 38.3 Å². The minimum atomic E-state index is -0.532. The zero-order valence-corrected chi connectivity index (χ0v) is 13.4. The van der Waals surface area contributed by atoms with E-state index in [-0.39, 0.29) is 23.5 Å². The van der Waals surface area contributed by atoms with Gasteiger partial charge in [0.1, 0.15) is 5.82 Å². The van der Waals surface area contributed by atoms with E-state index in [2.05, 4.69) is 0 Å². The topological polar surface area (TPSA) is 40.6 Å². The van der Waals surface area contributed by atoms with Crippen LogP contribution in [0.15, 0.2) is 24.3 Å². The van der Waals surface area contributed by atoms with Crippen LogP contribution in [-0.4, -0.2) is 41.8 Å². The summed E-state index contributed by atoms with van der Waals surface area (Å²) in [6.07, 6.45) is 0.802. The van der Waals surface area contributed by atoms with Crippen molar-refractivity contribution in [2.75, 3.05) is 20.1 Å². The minimum absolute atomic E-state index is 0.00222. The van der Waals surface area contributed by atoms with Crippen LogP contribution in [0.5, 0.6) is 0 Å². The maximum absolute atomic E-state index is 14.2. The van der Waals surface area contributed by atoms with Crippen molar-refractivity contribution in [2.24, 2.45) is 5.92 Å². The molecule has 0 spiro atoms. The minimum Gasteiger partial charge on any atom is -0.343 e. The zero-order chi connectivity index (χ0) is 16.3. The van der Waals surface area contributed by atoms with Crippen molar-refractivity contribution in [3.8, 4) is 0 Å². The summed E-state index contributed by atoms with van der Waals surface area (Å²) in [7, 11) is 1.65. The molecule has 0 aliphatic carbocycles. The summed E-state index contributed by atoms with van der Waals surface area (Å²) in [5, 5.41) is 0. The van der Waals surface area contributed by atoms with Crippen molar-refractivity contribution < 1.29 is 14.0 Å². The number of amides is 2. The second kappa shape index (κ2) is 6.90. The molecular weight excluding hydrogens is 283 g/mol. The molecule has 1 aromatic rings. The Morgan fingerprint density at radius 3 is 2.55 bits per heavy atom. The molecule has 1 heterocycles. The van der Waals surface area contributed by atoms with Gasteiger partial charge in [0.15, 0.2) is 0 Å². The van der Waals surface area contributed by atoms with Gasteiger partial charge in [-0.05, 0) is 26.3 Å². The fraction of sp³-hybridized carbons (Fsp3) is 0.529. The van der Waals surface area contributed by atoms with Crippen molar-refractivity contribution in [3.05, 3.63) is 35.6 Å². The quantitative estimate of drug-likeness (QED) is 0.858. The van der Waals surface area contributed by atoms with E-state index in [9.17, 15) is 14.0 Å². The van der Waals surface area contributed by atoms with Gasteiger partial charge in [0.25, 0.3) is 0 Å². The second-order valence-electron chi connectivity index (χ2n) is 5.63. The molecule has 2 rings (SSSR count). The van der Waals surface area contributed by atoms with E-state index in [1.54, 1.807) is 30.1 Å². The van der Waals surface area contributed by atoms with Crippen LogP contribution in [0, 0.1) is 11.7 Å². The normalized spacial score (nSPS) is 21.8. The first-order valence-corrected chi connectivity index (χ1v) is 7.80. The van der Waals surface area contributed by atoms with Crippen LogP contribution in [0.25, 0.3) is 0 Å². The highest BCUT2D eigenvalue weighted by atomic mass is 19.1. The second-order valence-corrected chi connectivity index (χ2v) is 5.63. The van der Waals surface area contributed by atoms with E-state index in [0.29, 0.717) is 31.5 Å². The molecule has 0 radical (unpaired) electrons. The van der Waals surface area contributed by atoms with Crippen LogP contribution >= 0.6 is 0 Å². The first-order chi connectivity index (χ1) is 10.5. The molecule has 0 aromatic heterocycles. The first-order valence-electron chi connectivity index (χ1n) is 7.80. The molecule has 1 aromatic carbocycles. The number of rotatable bonds is 4. The van der Waals surface area contributed by atoms with Gasteiger partial charge in [0, 0.05) is 32.1 Å². The summed E-state index contributed by atoms with van der Waals surface area (Å²) in [5.74, 6) is -0.805. The van der Waals surface area contributed by atoms with Crippen molar-refractivity contribution in [2.45, 2.75) is 32.7 Å². The average molecular weight is 306 g/mol. The Labute approximate surface area is 130 Å². The number of carbonyl (C=O) groups excluding carboxylic acids is 2. The third-order valence-corrected chi connectivity index (χ3v) is 4.48. The van der Waals surface area contributed by atoms with Crippen LogP contribution in [0.2, 0.25) is 0 Å². The lowest BCUT2D eigenvalue weighted by Gasteiger charge is -2.40. The fourth-order valence-corrected chi connectivity index (χ4v) is 3.21. The molecule has 0 saturated carbocycles. The maximum Gasteiger partial charge on any atom is 0.228 e. The molecule has 2 amide bonds. The highest BCUT2D eigenvalue weighted by Gasteiger charge is 2.41. The molecule has 1 aliphatic rings. The van der Waals surface area contributed by atoms with Gasteiger partial charge in [-0.1, -0.05) is 18.2 Å². The van der Waals surface area contributed by atoms with Gasteiger partial charge < -0.3 is 9.80 Å². The van der Waals surface area contributed by atoms with Crippen molar-refractivity contribution in [3.63, 3.8) is 0 Å². The highest BCUT2D eigenvalue weighted by Crippen LogP contribution is 2.37. The molecule has 4 nitrogen and oxygen atoms in total. The first kappa shape index (κ1) is 16.5. The number of piperidine rings is 1. The van der Waals surface area contributed by atoms with Crippen molar-refractivity contribution in [1.82, 2.24) is 9.80 Å². The molecule has 2 atom stereocenters. The Bertz CT molecular complexity index is 557. The van der Waals surface area contributed by atoms with Gasteiger partial charge in [-0.3, -0.25) is 9.59 Å². The summed E-state index contributed by atoms with van der Waals surface area (Å²) in [5.41, 5.74) is 0.420. The predicted molar refractivity (Wildman–Crippen MR) is 82.6 cm³/mol. The molecule has 0 bridgehead atoms. The Morgan fingerprint density at radius 1 is 1.32 bits per heavy atom. The fourth-order valence-electron chi connectivity index (χ4n) is 3.21. The number of nitrogens with zero attached hydrogens (tertiary/aromatic N) is 2. The molecular formula is C17H23FN2O2. The summed E-state index contributed by atoms with van der Waals surface area (Å²) >= 11 is 0. The Balaban J connectivity index is 2.40. The maximum atomic E-state index is 14.2. The van der Waals surface area contributed by atoms with E-state index in [1.807, 2.05) is 13.8 Å². The van der Waals surface area contributed by atoms with E-state index in [0.717, 1.165) is 0 Å². The zero-order valence-electron chi connectivity index (χ0n) is 13.4. The number of carbonyl (C=O) groups is 2. The van der Waals surface area contributed by atoms with E-state index < -0.39 is 6.04 Å². The largest absolute Gasteiger partial charge is 0.343 e. The van der Waals surface area contributed by atoms with Crippen molar-refractivity contribution >= 4 is 11.8 Å². The average Bonchev–Trinajstić information content (AvgIpc) is 2.52. The third-order valence-electron chi connectivity index (χ3n) is 4.48. The predicted octanol–water partition coefficient (Wildman–Crippen LogP) is 2.60. The van der Waals surface area contributed by atoms with Crippen molar-refractivity contribution in [1.29, 1.82) is 0 Å². The number of likely N-dealkylation sites (tertiary alicyclic amines) is 1. The van der Waals surface area contributed by atoms with E-state index in [1.165, 1.54) is 11.0 Å². The van der Waals surface area contributed by atoms with Crippen LogP contribution in [0.4, 0.5) is 4.39 Å². The van der Waals surface area contributed by atoms with E-state index >= 15 is 0 Å². The summed E-state index contributed by atoms with van der Waals surface area (Å²) < 4.78 is 14.2. The third kappa shape index (κ3) is 2.98. The standard InChI is InChI=1S/C17H23FN2O2/c1-4-20(5-2)17(22)13-10-11-15(21)19(3)16(13)12-8-6-7-9-14(12)18/h6-9,13,16H,4-5,10-11H2,1-3H3/t13-,16-/m1/s1. The lowest BCUT2D eigenvalue weighted by atomic mass is 9.83. The molecule has 1 saturated heterocycles. The Morgan fingerprint density at radius 2 is 1.95 bits per heavy atom. The number of hydrogen-bond acceptors (Lipinski definition) is 2. The SMILES string of the molecule is CCN(CC)C(=O)[C@@H]1CCC(=O)N(C)[C@@H]1c1ccccc1F. The number of hydrogen-bond donors (Lipinski definition) is 0. The summed E-state index contributed by atoms with van der Waals surface area (Å²) in [4.78, 5) is 28.1. The molecule has 1 aliphatic heterocycles. The molecule has 120 valence electrons. The molecule has 0 unspecified atom stereocenters. The van der Waals surface area contributed by atoms with Crippen LogP contribution in [0.3, 0.4) is 0 Å². The van der Waals surface area contributed by atoms with Gasteiger partial charge >= 0.3 is 0 Å². The van der Waals surface area contributed by atoms with Gasteiger partial charge in [-0.15, -0.1) is 0 Å². The highest BCUT2D eigenvalue weighted by molar-refractivity contribution is 5.85. The Hall–Kier alpha value is -1.91.